The van der Waals surface area contributed by atoms with Crippen molar-refractivity contribution < 1.29 is 9.59 Å². The fraction of sp³-hybridized carbons (Fsp3) is 0.789. The van der Waals surface area contributed by atoms with Gasteiger partial charge in [-0.3, -0.25) is 9.59 Å². The smallest absolute Gasteiger partial charge is 0.155 e. The second kappa shape index (κ2) is 6.46. The number of rotatable bonds is 4. The number of Topliss-reactive ketones (excluding diaryl/α,β-unsaturated/α-hetero) is 1. The summed E-state index contributed by atoms with van der Waals surface area (Å²) in [5, 5.41) is 0. The Morgan fingerprint density at radius 2 is 1.95 bits per heavy atom. The van der Waals surface area contributed by atoms with Crippen LogP contribution in [-0.4, -0.2) is 11.6 Å². The zero-order valence-corrected chi connectivity index (χ0v) is 13.3. The van der Waals surface area contributed by atoms with E-state index in [9.17, 15) is 9.59 Å². The van der Waals surface area contributed by atoms with Crippen LogP contribution in [0.1, 0.15) is 71.1 Å². The topological polar surface area (TPSA) is 34.1 Å². The fourth-order valence-corrected chi connectivity index (χ4v) is 5.11. The lowest BCUT2D eigenvalue weighted by atomic mass is 9.61. The van der Waals surface area contributed by atoms with Crippen LogP contribution in [0.25, 0.3) is 0 Å². The predicted molar refractivity (Wildman–Crippen MR) is 83.9 cm³/mol. The summed E-state index contributed by atoms with van der Waals surface area (Å²) in [5.74, 6) is 3.56. The van der Waals surface area contributed by atoms with E-state index in [2.05, 4.69) is 6.92 Å². The Labute approximate surface area is 128 Å². The van der Waals surface area contributed by atoms with Gasteiger partial charge in [-0.15, -0.1) is 0 Å². The molecule has 0 aromatic carbocycles. The molecule has 0 saturated heterocycles. The highest BCUT2D eigenvalue weighted by molar-refractivity contribution is 5.91. The number of ketones is 2. The van der Waals surface area contributed by atoms with E-state index < -0.39 is 0 Å². The molecule has 0 heterocycles. The van der Waals surface area contributed by atoms with Gasteiger partial charge in [0.25, 0.3) is 0 Å². The number of allylic oxidation sites excluding steroid dienone is 2. The zero-order chi connectivity index (χ0) is 14.8. The lowest BCUT2D eigenvalue weighted by Gasteiger charge is -2.44. The van der Waals surface area contributed by atoms with Gasteiger partial charge in [0.15, 0.2) is 5.78 Å². The number of unbranched alkanes of at least 4 members (excludes halogenated alkanes) is 1. The van der Waals surface area contributed by atoms with Crippen molar-refractivity contribution in [1.29, 1.82) is 0 Å². The maximum absolute atomic E-state index is 11.7. The van der Waals surface area contributed by atoms with Gasteiger partial charge in [-0.2, -0.15) is 0 Å². The molecule has 0 bridgehead atoms. The van der Waals surface area contributed by atoms with Gasteiger partial charge in [0, 0.05) is 19.3 Å². The lowest BCUT2D eigenvalue weighted by Crippen LogP contribution is -2.36. The van der Waals surface area contributed by atoms with Crippen molar-refractivity contribution in [2.24, 2.45) is 23.7 Å². The molecule has 0 aromatic heterocycles. The number of carbonyl (C=O) groups excluding carboxylic acids is 2. The quantitative estimate of drug-likeness (QED) is 0.764. The molecule has 3 aliphatic rings. The molecule has 2 fully saturated rings. The Balaban J connectivity index is 1.78. The molecule has 0 unspecified atom stereocenters. The number of hydrogen-bond donors (Lipinski definition) is 0. The summed E-state index contributed by atoms with van der Waals surface area (Å²) in [4.78, 5) is 23.4. The first-order valence-electron chi connectivity index (χ1n) is 8.94. The summed E-state index contributed by atoms with van der Waals surface area (Å²) in [7, 11) is 0. The minimum Gasteiger partial charge on any atom is -0.300 e. The maximum Gasteiger partial charge on any atom is 0.155 e. The summed E-state index contributed by atoms with van der Waals surface area (Å²) < 4.78 is 0. The van der Waals surface area contributed by atoms with Crippen LogP contribution in [0.5, 0.6) is 0 Å². The molecule has 2 nitrogen and oxygen atoms in total. The Morgan fingerprint density at radius 1 is 1.10 bits per heavy atom. The molecular formula is C19H28O2. The van der Waals surface area contributed by atoms with Crippen LogP contribution in [0.4, 0.5) is 0 Å². The molecule has 0 spiro atoms. The van der Waals surface area contributed by atoms with Crippen LogP contribution in [0.3, 0.4) is 0 Å². The van der Waals surface area contributed by atoms with Crippen LogP contribution in [-0.2, 0) is 9.59 Å². The first-order valence-corrected chi connectivity index (χ1v) is 8.94. The van der Waals surface area contributed by atoms with Gasteiger partial charge in [-0.1, -0.05) is 25.3 Å². The van der Waals surface area contributed by atoms with Crippen LogP contribution < -0.4 is 0 Å². The maximum atomic E-state index is 11.7. The van der Waals surface area contributed by atoms with E-state index in [4.69, 9.17) is 0 Å². The SMILES string of the molecule is CCCC[C@H]1[C@H]([C@@H]2CCC(=O)C2)CCC2=CC(=O)CC[C@@H]21. The molecule has 0 aliphatic heterocycles. The molecule has 0 amide bonds. The summed E-state index contributed by atoms with van der Waals surface area (Å²) in [6.07, 6.45) is 12.7. The van der Waals surface area contributed by atoms with Gasteiger partial charge in [0.2, 0.25) is 0 Å². The van der Waals surface area contributed by atoms with E-state index in [1.165, 1.54) is 31.3 Å². The Bertz CT molecular complexity index is 448. The van der Waals surface area contributed by atoms with Gasteiger partial charge in [-0.05, 0) is 61.9 Å². The van der Waals surface area contributed by atoms with E-state index in [0.717, 1.165) is 50.4 Å². The van der Waals surface area contributed by atoms with Crippen LogP contribution >= 0.6 is 0 Å². The molecule has 0 radical (unpaired) electrons. The Morgan fingerprint density at radius 3 is 2.67 bits per heavy atom. The lowest BCUT2D eigenvalue weighted by molar-refractivity contribution is -0.117. The van der Waals surface area contributed by atoms with Gasteiger partial charge >= 0.3 is 0 Å². The van der Waals surface area contributed by atoms with Crippen molar-refractivity contribution in [1.82, 2.24) is 0 Å². The average Bonchev–Trinajstić information content (AvgIpc) is 2.90. The predicted octanol–water partition coefficient (Wildman–Crippen LogP) is 4.48. The van der Waals surface area contributed by atoms with Crippen LogP contribution in [0, 0.1) is 23.7 Å². The highest BCUT2D eigenvalue weighted by Crippen LogP contribution is 2.50. The van der Waals surface area contributed by atoms with Crippen molar-refractivity contribution in [3.05, 3.63) is 11.6 Å². The molecule has 2 heteroatoms. The third-order valence-corrected chi connectivity index (χ3v) is 6.14. The van der Waals surface area contributed by atoms with Gasteiger partial charge in [0.05, 0.1) is 0 Å². The summed E-state index contributed by atoms with van der Waals surface area (Å²) in [5.41, 5.74) is 1.44. The molecule has 21 heavy (non-hydrogen) atoms. The molecule has 0 N–H and O–H groups in total. The first-order chi connectivity index (χ1) is 10.2. The minimum atomic E-state index is 0.338. The molecule has 4 atom stereocenters. The minimum absolute atomic E-state index is 0.338. The number of hydrogen-bond acceptors (Lipinski definition) is 2. The second-order valence-electron chi connectivity index (χ2n) is 7.38. The summed E-state index contributed by atoms with van der Waals surface area (Å²) in [6, 6.07) is 0. The Kier molecular flexibility index (Phi) is 4.61. The molecular weight excluding hydrogens is 260 g/mol. The molecule has 3 rings (SSSR count). The van der Waals surface area contributed by atoms with E-state index in [1.54, 1.807) is 0 Å². The van der Waals surface area contributed by atoms with Crippen molar-refractivity contribution >= 4 is 11.6 Å². The van der Waals surface area contributed by atoms with Crippen LogP contribution in [0.2, 0.25) is 0 Å². The number of carbonyl (C=O) groups is 2. The van der Waals surface area contributed by atoms with E-state index in [-0.39, 0.29) is 0 Å². The monoisotopic (exact) mass is 288 g/mol. The van der Waals surface area contributed by atoms with E-state index in [0.29, 0.717) is 23.4 Å². The summed E-state index contributed by atoms with van der Waals surface area (Å²) in [6.45, 7) is 2.26. The molecule has 0 aromatic rings. The highest BCUT2D eigenvalue weighted by Gasteiger charge is 2.42. The van der Waals surface area contributed by atoms with Crippen molar-refractivity contribution in [2.45, 2.75) is 71.1 Å². The molecule has 116 valence electrons. The van der Waals surface area contributed by atoms with Crippen molar-refractivity contribution in [3.8, 4) is 0 Å². The molecule has 2 saturated carbocycles. The number of fused-ring (bicyclic) bond motifs is 1. The second-order valence-corrected chi connectivity index (χ2v) is 7.38. The highest BCUT2D eigenvalue weighted by atomic mass is 16.1. The molecule has 3 aliphatic carbocycles. The fourth-order valence-electron chi connectivity index (χ4n) is 5.11. The summed E-state index contributed by atoms with van der Waals surface area (Å²) >= 11 is 0. The van der Waals surface area contributed by atoms with E-state index in [1.807, 2.05) is 6.08 Å². The van der Waals surface area contributed by atoms with Gasteiger partial charge < -0.3 is 0 Å². The van der Waals surface area contributed by atoms with Gasteiger partial charge in [-0.25, -0.2) is 0 Å². The first kappa shape index (κ1) is 15.0. The third kappa shape index (κ3) is 3.14. The van der Waals surface area contributed by atoms with E-state index >= 15 is 0 Å². The third-order valence-electron chi connectivity index (χ3n) is 6.14. The van der Waals surface area contributed by atoms with Crippen molar-refractivity contribution in [3.63, 3.8) is 0 Å². The van der Waals surface area contributed by atoms with Crippen LogP contribution in [0.15, 0.2) is 11.6 Å². The standard InChI is InChI=1S/C19H28O2/c1-2-3-4-19-17(13-5-7-15(20)11-13)9-6-14-12-16(21)8-10-18(14)19/h12-13,17-19H,2-11H2,1H3/t13-,17+,18+,19+/m1/s1. The Hall–Kier alpha value is -0.920. The zero-order valence-electron chi connectivity index (χ0n) is 13.3. The largest absolute Gasteiger partial charge is 0.300 e. The average molecular weight is 288 g/mol. The van der Waals surface area contributed by atoms with Crippen molar-refractivity contribution in [2.75, 3.05) is 0 Å². The normalized spacial score (nSPS) is 36.5. The van der Waals surface area contributed by atoms with Gasteiger partial charge in [0.1, 0.15) is 5.78 Å².